The van der Waals surface area contributed by atoms with Crippen molar-refractivity contribution in [3.8, 4) is 0 Å². The number of likely N-dealkylation sites (N-methyl/N-ethyl adjacent to an activating group) is 1. The lowest BCUT2D eigenvalue weighted by Gasteiger charge is -2.15. The first-order chi connectivity index (χ1) is 7.63. The van der Waals surface area contributed by atoms with Gasteiger partial charge >= 0.3 is 0 Å². The van der Waals surface area contributed by atoms with E-state index in [4.69, 9.17) is 10.5 Å². The zero-order valence-electron chi connectivity index (χ0n) is 9.60. The molecule has 1 aromatic heterocycles. The molecule has 0 saturated heterocycles. The second-order valence-electron chi connectivity index (χ2n) is 3.45. The van der Waals surface area contributed by atoms with E-state index >= 15 is 0 Å². The van der Waals surface area contributed by atoms with Crippen LogP contribution >= 0.6 is 11.3 Å². The smallest absolute Gasteiger partial charge is 0.248 e. The molecule has 0 aliphatic heterocycles. The highest BCUT2D eigenvalue weighted by Gasteiger charge is 2.10. The third-order valence-electron chi connectivity index (χ3n) is 1.98. The molecule has 0 atom stereocenters. The number of aryl methyl sites for hydroxylation is 1. The number of carbonyl (C=O) groups excluding carboxylic acids is 1. The highest BCUT2D eigenvalue weighted by molar-refractivity contribution is 7.09. The number of carbonyl (C=O) groups is 1. The van der Waals surface area contributed by atoms with E-state index in [1.807, 2.05) is 12.3 Å². The molecule has 0 unspecified atom stereocenters. The van der Waals surface area contributed by atoms with Crippen LogP contribution in [0.1, 0.15) is 10.7 Å². The van der Waals surface area contributed by atoms with Gasteiger partial charge in [-0.25, -0.2) is 4.98 Å². The van der Waals surface area contributed by atoms with Gasteiger partial charge in [-0.3, -0.25) is 4.79 Å². The molecule has 2 N–H and O–H groups in total. The molecule has 1 amide bonds. The Kier molecular flexibility index (Phi) is 5.37. The average molecular weight is 243 g/mol. The zero-order valence-corrected chi connectivity index (χ0v) is 10.4. The summed E-state index contributed by atoms with van der Waals surface area (Å²) in [6, 6.07) is 0. The van der Waals surface area contributed by atoms with Crippen LogP contribution in [-0.4, -0.2) is 42.6 Å². The number of hydrogen-bond donors (Lipinski definition) is 1. The monoisotopic (exact) mass is 243 g/mol. The molecule has 5 nitrogen and oxygen atoms in total. The SMILES string of the molecule is Cc1nc(CN(C)C(=O)COCCN)cs1. The maximum atomic E-state index is 11.6. The number of aromatic nitrogens is 1. The Morgan fingerprint density at radius 1 is 1.69 bits per heavy atom. The first-order valence-electron chi connectivity index (χ1n) is 5.06. The molecule has 90 valence electrons. The topological polar surface area (TPSA) is 68.5 Å². The molecule has 0 bridgehead atoms. The predicted molar refractivity (Wildman–Crippen MR) is 63.2 cm³/mol. The van der Waals surface area contributed by atoms with Gasteiger partial charge in [0.15, 0.2) is 0 Å². The van der Waals surface area contributed by atoms with Crippen molar-refractivity contribution in [3.63, 3.8) is 0 Å². The minimum absolute atomic E-state index is 0.0564. The van der Waals surface area contributed by atoms with Crippen LogP contribution in [0.25, 0.3) is 0 Å². The van der Waals surface area contributed by atoms with E-state index in [1.54, 1.807) is 23.3 Å². The Labute approximate surface area is 99.2 Å². The summed E-state index contributed by atoms with van der Waals surface area (Å²) in [5.74, 6) is -0.0564. The van der Waals surface area contributed by atoms with Crippen molar-refractivity contribution in [1.29, 1.82) is 0 Å². The normalized spacial score (nSPS) is 10.4. The van der Waals surface area contributed by atoms with Crippen molar-refractivity contribution in [2.24, 2.45) is 5.73 Å². The van der Waals surface area contributed by atoms with E-state index in [0.717, 1.165) is 10.7 Å². The van der Waals surface area contributed by atoms with Crippen LogP contribution in [0.2, 0.25) is 0 Å². The number of amides is 1. The first-order valence-corrected chi connectivity index (χ1v) is 5.94. The van der Waals surface area contributed by atoms with E-state index < -0.39 is 0 Å². The van der Waals surface area contributed by atoms with Crippen molar-refractivity contribution in [1.82, 2.24) is 9.88 Å². The first kappa shape index (κ1) is 13.1. The largest absolute Gasteiger partial charge is 0.370 e. The van der Waals surface area contributed by atoms with Gasteiger partial charge in [0.1, 0.15) is 6.61 Å². The fourth-order valence-electron chi connectivity index (χ4n) is 1.17. The molecule has 0 spiro atoms. The van der Waals surface area contributed by atoms with Crippen molar-refractivity contribution in [2.75, 3.05) is 26.8 Å². The Morgan fingerprint density at radius 3 is 3.00 bits per heavy atom. The van der Waals surface area contributed by atoms with E-state index in [1.165, 1.54) is 0 Å². The maximum absolute atomic E-state index is 11.6. The molecule has 1 rings (SSSR count). The quantitative estimate of drug-likeness (QED) is 0.734. The molecule has 0 fully saturated rings. The molecule has 0 radical (unpaired) electrons. The van der Waals surface area contributed by atoms with E-state index in [9.17, 15) is 4.79 Å². The van der Waals surface area contributed by atoms with Gasteiger partial charge in [0.05, 0.1) is 23.9 Å². The summed E-state index contributed by atoms with van der Waals surface area (Å²) in [6.45, 7) is 3.39. The molecule has 0 aliphatic carbocycles. The Bertz CT molecular complexity index is 341. The second-order valence-corrected chi connectivity index (χ2v) is 4.51. The summed E-state index contributed by atoms with van der Waals surface area (Å²) in [7, 11) is 1.74. The molecule has 0 aliphatic rings. The van der Waals surface area contributed by atoms with Crippen LogP contribution in [0.5, 0.6) is 0 Å². The van der Waals surface area contributed by atoms with Crippen LogP contribution in [0.3, 0.4) is 0 Å². The van der Waals surface area contributed by atoms with Crippen LogP contribution in [0.4, 0.5) is 0 Å². The summed E-state index contributed by atoms with van der Waals surface area (Å²) in [4.78, 5) is 17.5. The Morgan fingerprint density at radius 2 is 2.44 bits per heavy atom. The number of thiazole rings is 1. The average Bonchev–Trinajstić information content (AvgIpc) is 2.64. The Balaban J connectivity index is 2.34. The predicted octanol–water partition coefficient (Wildman–Crippen LogP) is 0.385. The summed E-state index contributed by atoms with van der Waals surface area (Å²) in [5.41, 5.74) is 6.17. The molecular weight excluding hydrogens is 226 g/mol. The summed E-state index contributed by atoms with van der Waals surface area (Å²) >= 11 is 1.58. The van der Waals surface area contributed by atoms with Gasteiger partial charge in [-0.15, -0.1) is 11.3 Å². The minimum Gasteiger partial charge on any atom is -0.370 e. The van der Waals surface area contributed by atoms with E-state index in [2.05, 4.69) is 4.98 Å². The van der Waals surface area contributed by atoms with Crippen molar-refractivity contribution in [2.45, 2.75) is 13.5 Å². The molecule has 16 heavy (non-hydrogen) atoms. The fourth-order valence-corrected chi connectivity index (χ4v) is 1.77. The molecule has 6 heteroatoms. The van der Waals surface area contributed by atoms with Gasteiger partial charge in [0.25, 0.3) is 0 Å². The second kappa shape index (κ2) is 6.57. The molecule has 0 aromatic carbocycles. The lowest BCUT2D eigenvalue weighted by Crippen LogP contribution is -2.30. The summed E-state index contributed by atoms with van der Waals surface area (Å²) in [6.07, 6.45) is 0. The Hall–Kier alpha value is -0.980. The third kappa shape index (κ3) is 4.26. The van der Waals surface area contributed by atoms with Crippen LogP contribution in [-0.2, 0) is 16.1 Å². The van der Waals surface area contributed by atoms with Crippen molar-refractivity contribution >= 4 is 17.2 Å². The fraction of sp³-hybridized carbons (Fsp3) is 0.600. The minimum atomic E-state index is -0.0564. The third-order valence-corrected chi connectivity index (χ3v) is 2.80. The molecular formula is C10H17N3O2S. The van der Waals surface area contributed by atoms with Crippen LogP contribution in [0.15, 0.2) is 5.38 Å². The van der Waals surface area contributed by atoms with Gasteiger partial charge < -0.3 is 15.4 Å². The number of nitrogens with two attached hydrogens (primary N) is 1. The van der Waals surface area contributed by atoms with Crippen molar-refractivity contribution in [3.05, 3.63) is 16.1 Å². The standard InChI is InChI=1S/C10H17N3O2S/c1-8-12-9(7-16-8)5-13(2)10(14)6-15-4-3-11/h7H,3-6,11H2,1-2H3. The van der Waals surface area contributed by atoms with Gasteiger partial charge in [-0.2, -0.15) is 0 Å². The number of nitrogens with zero attached hydrogens (tertiary/aromatic N) is 2. The number of hydrogen-bond acceptors (Lipinski definition) is 5. The summed E-state index contributed by atoms with van der Waals surface area (Å²) < 4.78 is 5.07. The molecule has 0 saturated carbocycles. The number of ether oxygens (including phenoxy) is 1. The van der Waals surface area contributed by atoms with Crippen LogP contribution < -0.4 is 5.73 Å². The highest BCUT2D eigenvalue weighted by atomic mass is 32.1. The lowest BCUT2D eigenvalue weighted by molar-refractivity contribution is -0.135. The van der Waals surface area contributed by atoms with E-state index in [0.29, 0.717) is 19.7 Å². The van der Waals surface area contributed by atoms with E-state index in [-0.39, 0.29) is 12.5 Å². The van der Waals surface area contributed by atoms with Gasteiger partial charge in [0.2, 0.25) is 5.91 Å². The maximum Gasteiger partial charge on any atom is 0.248 e. The van der Waals surface area contributed by atoms with Gasteiger partial charge in [0, 0.05) is 19.0 Å². The summed E-state index contributed by atoms with van der Waals surface area (Å²) in [5, 5.41) is 2.97. The molecule has 1 heterocycles. The highest BCUT2D eigenvalue weighted by Crippen LogP contribution is 2.09. The number of rotatable bonds is 6. The van der Waals surface area contributed by atoms with Crippen molar-refractivity contribution < 1.29 is 9.53 Å². The van der Waals surface area contributed by atoms with Gasteiger partial charge in [-0.05, 0) is 6.92 Å². The lowest BCUT2D eigenvalue weighted by atomic mass is 10.4. The molecule has 1 aromatic rings. The van der Waals surface area contributed by atoms with Crippen LogP contribution in [0, 0.1) is 6.92 Å². The zero-order chi connectivity index (χ0) is 12.0. The van der Waals surface area contributed by atoms with Gasteiger partial charge in [-0.1, -0.05) is 0 Å².